The van der Waals surface area contributed by atoms with Gasteiger partial charge in [0.25, 0.3) is 0 Å². The zero-order valence-electron chi connectivity index (χ0n) is 9.84. The number of hydrogen-bond acceptors (Lipinski definition) is 4. The molecule has 3 nitrogen and oxygen atoms in total. The van der Waals surface area contributed by atoms with Crippen LogP contribution in [0.3, 0.4) is 0 Å². The highest BCUT2D eigenvalue weighted by atomic mass is 79.9. The van der Waals surface area contributed by atoms with Crippen molar-refractivity contribution in [3.8, 4) is 0 Å². The lowest BCUT2D eigenvalue weighted by Crippen LogP contribution is -1.91. The molecule has 0 spiro atoms. The number of carbonyl (C=O) groups excluding carboxylic acids is 1. The minimum atomic E-state index is 0.694. The second kappa shape index (κ2) is 5.19. The van der Waals surface area contributed by atoms with E-state index in [9.17, 15) is 4.79 Å². The van der Waals surface area contributed by atoms with Crippen molar-refractivity contribution in [2.75, 3.05) is 0 Å². The van der Waals surface area contributed by atoms with Gasteiger partial charge < -0.3 is 0 Å². The first-order valence-electron chi connectivity index (χ1n) is 5.71. The first-order valence-corrected chi connectivity index (χ1v) is 7.24. The third-order valence-electron chi connectivity index (χ3n) is 2.96. The Hall–Kier alpha value is -1.59. The molecule has 1 heterocycles. The molecule has 3 rings (SSSR count). The predicted molar refractivity (Wildman–Crippen MR) is 79.8 cm³/mol. The summed E-state index contributed by atoms with van der Waals surface area (Å²) in [6.45, 7) is 0. The number of rotatable bonds is 3. The van der Waals surface area contributed by atoms with Crippen molar-refractivity contribution in [2.24, 2.45) is 0 Å². The van der Waals surface area contributed by atoms with E-state index in [1.807, 2.05) is 30.3 Å². The first kappa shape index (κ1) is 12.4. The van der Waals surface area contributed by atoms with Crippen molar-refractivity contribution in [3.63, 3.8) is 0 Å². The van der Waals surface area contributed by atoms with Gasteiger partial charge in [-0.1, -0.05) is 30.3 Å². The van der Waals surface area contributed by atoms with Gasteiger partial charge in [0.2, 0.25) is 0 Å². The number of nitrogens with zero attached hydrogens (tertiary/aromatic N) is 2. The summed E-state index contributed by atoms with van der Waals surface area (Å²) < 4.78 is 9.61. The number of halogens is 1. The van der Waals surface area contributed by atoms with Crippen LogP contribution in [-0.2, 0) is 6.42 Å². The molecule has 5 heteroatoms. The van der Waals surface area contributed by atoms with E-state index in [1.165, 1.54) is 11.7 Å². The van der Waals surface area contributed by atoms with Crippen molar-refractivity contribution in [1.29, 1.82) is 0 Å². The van der Waals surface area contributed by atoms with Gasteiger partial charge in [-0.15, -0.1) is 0 Å². The maximum Gasteiger partial charge on any atom is 0.150 e. The van der Waals surface area contributed by atoms with E-state index >= 15 is 0 Å². The fourth-order valence-corrected chi connectivity index (χ4v) is 3.08. The summed E-state index contributed by atoms with van der Waals surface area (Å²) in [6, 6.07) is 11.7. The largest absolute Gasteiger partial charge is 0.298 e. The molecule has 0 saturated heterocycles. The molecule has 3 aromatic rings. The molecular formula is C14H9BrN2OS. The minimum Gasteiger partial charge on any atom is -0.298 e. The van der Waals surface area contributed by atoms with Gasteiger partial charge in [-0.25, -0.2) is 0 Å². The lowest BCUT2D eigenvalue weighted by Gasteiger charge is -2.04. The summed E-state index contributed by atoms with van der Waals surface area (Å²) in [5.41, 5.74) is 4.85. The Balaban J connectivity index is 1.98. The monoisotopic (exact) mass is 332 g/mol. The maximum absolute atomic E-state index is 10.6. The number of benzene rings is 2. The van der Waals surface area contributed by atoms with Crippen LogP contribution in [0.25, 0.3) is 11.0 Å². The molecule has 19 heavy (non-hydrogen) atoms. The van der Waals surface area contributed by atoms with Crippen molar-refractivity contribution < 1.29 is 4.79 Å². The van der Waals surface area contributed by atoms with Crippen LogP contribution in [-0.4, -0.2) is 15.0 Å². The van der Waals surface area contributed by atoms with Gasteiger partial charge in [0, 0.05) is 10.0 Å². The topological polar surface area (TPSA) is 42.9 Å². The van der Waals surface area contributed by atoms with Gasteiger partial charge in [-0.3, -0.25) is 4.79 Å². The van der Waals surface area contributed by atoms with E-state index in [4.69, 9.17) is 0 Å². The zero-order valence-corrected chi connectivity index (χ0v) is 12.2. The molecule has 0 aliphatic rings. The van der Waals surface area contributed by atoms with Crippen LogP contribution in [0.15, 0.2) is 40.9 Å². The number of fused-ring (bicyclic) bond motifs is 1. The van der Waals surface area contributed by atoms with Gasteiger partial charge in [0.1, 0.15) is 17.3 Å². The Morgan fingerprint density at radius 1 is 1.05 bits per heavy atom. The van der Waals surface area contributed by atoms with Crippen LogP contribution in [0, 0.1) is 0 Å². The second-order valence-corrected chi connectivity index (χ2v) is 5.59. The standard InChI is InChI=1S/C14H9BrN2OS/c15-12-6-5-11(13-14(12)17-19-16-13)7-9-1-3-10(8-18)4-2-9/h1-6,8H,7H2. The molecule has 0 atom stereocenters. The molecule has 0 aliphatic heterocycles. The SMILES string of the molecule is O=Cc1ccc(Cc2ccc(Br)c3nsnc23)cc1. The summed E-state index contributed by atoms with van der Waals surface area (Å²) in [4.78, 5) is 10.6. The van der Waals surface area contributed by atoms with E-state index in [1.54, 1.807) is 0 Å². The Kier molecular flexibility index (Phi) is 3.40. The molecule has 0 N–H and O–H groups in total. The van der Waals surface area contributed by atoms with Gasteiger partial charge in [0.15, 0.2) is 0 Å². The molecule has 0 aliphatic carbocycles. The average molecular weight is 333 g/mol. The highest BCUT2D eigenvalue weighted by molar-refractivity contribution is 9.10. The Bertz CT molecular complexity index is 737. The predicted octanol–water partition coefficient (Wildman–Crippen LogP) is 3.86. The van der Waals surface area contributed by atoms with Gasteiger partial charge in [-0.05, 0) is 39.5 Å². The quantitative estimate of drug-likeness (QED) is 0.684. The van der Waals surface area contributed by atoms with Crippen LogP contribution in [0.2, 0.25) is 0 Å². The van der Waals surface area contributed by atoms with Crippen LogP contribution in [0.5, 0.6) is 0 Å². The lowest BCUT2D eigenvalue weighted by molar-refractivity contribution is 0.112. The fourth-order valence-electron chi connectivity index (χ4n) is 1.96. The summed E-state index contributed by atoms with van der Waals surface area (Å²) in [7, 11) is 0. The highest BCUT2D eigenvalue weighted by Crippen LogP contribution is 2.26. The third-order valence-corrected chi connectivity index (χ3v) is 4.13. The number of hydrogen-bond donors (Lipinski definition) is 0. The molecule has 94 valence electrons. The Labute approximate surface area is 122 Å². The molecule has 0 bridgehead atoms. The molecule has 1 aromatic heterocycles. The molecule has 0 amide bonds. The van der Waals surface area contributed by atoms with Crippen molar-refractivity contribution in [3.05, 3.63) is 57.6 Å². The Morgan fingerprint density at radius 3 is 2.53 bits per heavy atom. The summed E-state index contributed by atoms with van der Waals surface area (Å²) in [5.74, 6) is 0. The summed E-state index contributed by atoms with van der Waals surface area (Å²) >= 11 is 4.70. The zero-order chi connectivity index (χ0) is 13.2. The third kappa shape index (κ3) is 2.43. The van der Waals surface area contributed by atoms with Crippen LogP contribution < -0.4 is 0 Å². The summed E-state index contributed by atoms with van der Waals surface area (Å²) in [5, 5.41) is 0. The fraction of sp³-hybridized carbons (Fsp3) is 0.0714. The van der Waals surface area contributed by atoms with Gasteiger partial charge in [0.05, 0.1) is 11.7 Å². The highest BCUT2D eigenvalue weighted by Gasteiger charge is 2.09. The van der Waals surface area contributed by atoms with Crippen LogP contribution in [0.4, 0.5) is 0 Å². The molecule has 0 radical (unpaired) electrons. The number of carbonyl (C=O) groups is 1. The first-order chi connectivity index (χ1) is 9.28. The molecule has 0 unspecified atom stereocenters. The van der Waals surface area contributed by atoms with E-state index in [2.05, 4.69) is 30.7 Å². The molecular weight excluding hydrogens is 324 g/mol. The van der Waals surface area contributed by atoms with Crippen LogP contribution in [0.1, 0.15) is 21.5 Å². The minimum absolute atomic E-state index is 0.694. The number of aromatic nitrogens is 2. The van der Waals surface area contributed by atoms with Crippen molar-refractivity contribution in [1.82, 2.24) is 8.75 Å². The van der Waals surface area contributed by atoms with E-state index < -0.39 is 0 Å². The normalized spacial score (nSPS) is 10.8. The van der Waals surface area contributed by atoms with Crippen LogP contribution >= 0.6 is 27.7 Å². The van der Waals surface area contributed by atoms with E-state index in [-0.39, 0.29) is 0 Å². The lowest BCUT2D eigenvalue weighted by atomic mass is 10.0. The smallest absolute Gasteiger partial charge is 0.150 e. The maximum atomic E-state index is 10.6. The van der Waals surface area contributed by atoms with Gasteiger partial charge >= 0.3 is 0 Å². The second-order valence-electron chi connectivity index (χ2n) is 4.20. The van der Waals surface area contributed by atoms with Crippen molar-refractivity contribution in [2.45, 2.75) is 6.42 Å². The average Bonchev–Trinajstić information content (AvgIpc) is 2.93. The molecule has 2 aromatic carbocycles. The number of aldehydes is 1. The Morgan fingerprint density at radius 2 is 1.79 bits per heavy atom. The van der Waals surface area contributed by atoms with E-state index in [0.29, 0.717) is 5.56 Å². The molecule has 0 saturated carbocycles. The molecule has 0 fully saturated rings. The van der Waals surface area contributed by atoms with E-state index in [0.717, 1.165) is 39.3 Å². The van der Waals surface area contributed by atoms with Crippen molar-refractivity contribution >= 4 is 45.0 Å². The van der Waals surface area contributed by atoms with Gasteiger partial charge in [-0.2, -0.15) is 8.75 Å². The summed E-state index contributed by atoms with van der Waals surface area (Å²) in [6.07, 6.45) is 1.64.